The zero-order valence-electron chi connectivity index (χ0n) is 26.0. The molecule has 42 heavy (non-hydrogen) atoms. The Hall–Kier alpha value is -4.11. The van der Waals surface area contributed by atoms with E-state index in [9.17, 15) is 14.0 Å². The molecule has 2 heterocycles. The molecule has 0 radical (unpaired) electrons. The zero-order chi connectivity index (χ0) is 31.5. The summed E-state index contributed by atoms with van der Waals surface area (Å²) in [5.41, 5.74) is 3.45. The zero-order valence-corrected chi connectivity index (χ0v) is 26.0. The number of nitrogens with one attached hydrogen (secondary N) is 2. The summed E-state index contributed by atoms with van der Waals surface area (Å²) in [5, 5.41) is 8.11. The Morgan fingerprint density at radius 1 is 1.05 bits per heavy atom. The van der Waals surface area contributed by atoms with Crippen LogP contribution in [0.5, 0.6) is 5.75 Å². The van der Waals surface area contributed by atoms with Gasteiger partial charge in [0.25, 0.3) is 0 Å². The van der Waals surface area contributed by atoms with E-state index in [1.54, 1.807) is 30.2 Å². The number of ether oxygens (including phenoxy) is 1. The maximum Gasteiger partial charge on any atom is 0.209 e. The van der Waals surface area contributed by atoms with Gasteiger partial charge in [0.15, 0.2) is 6.29 Å². The number of hydrogen-bond donors (Lipinski definition) is 2. The first-order chi connectivity index (χ1) is 20.2. The summed E-state index contributed by atoms with van der Waals surface area (Å²) >= 11 is 0. The fraction of sp³-hybridized carbons (Fsp3) is 0.394. The van der Waals surface area contributed by atoms with Gasteiger partial charge in [-0.05, 0) is 78.6 Å². The molecule has 4 rings (SSSR count). The second kappa shape index (κ2) is 19.9. The molecule has 0 aliphatic carbocycles. The molecule has 2 N–H and O–H groups in total. The number of aromatic amines is 1. The van der Waals surface area contributed by atoms with E-state index >= 15 is 0 Å². The summed E-state index contributed by atoms with van der Waals surface area (Å²) in [4.78, 5) is 32.0. The highest BCUT2D eigenvalue weighted by Crippen LogP contribution is 2.21. The van der Waals surface area contributed by atoms with Crippen molar-refractivity contribution in [2.45, 2.75) is 41.0 Å². The van der Waals surface area contributed by atoms with Gasteiger partial charge < -0.3 is 24.9 Å². The monoisotopic (exact) mass is 579 g/mol. The van der Waals surface area contributed by atoms with E-state index in [2.05, 4.69) is 41.0 Å². The first-order valence-electron chi connectivity index (χ1n) is 14.3. The Morgan fingerprint density at radius 3 is 2.10 bits per heavy atom. The number of likely N-dealkylation sites (N-methyl/N-ethyl adjacent to an activating group) is 1. The highest BCUT2D eigenvalue weighted by atomic mass is 19.1. The molecule has 3 aromatic rings. The highest BCUT2D eigenvalue weighted by Gasteiger charge is 2.12. The molecule has 0 atom stereocenters. The van der Waals surface area contributed by atoms with Crippen LogP contribution in [0.4, 0.5) is 4.39 Å². The maximum atomic E-state index is 12.9. The second-order valence-electron chi connectivity index (χ2n) is 9.63. The smallest absolute Gasteiger partial charge is 0.209 e. The van der Waals surface area contributed by atoms with Crippen LogP contribution in [0.3, 0.4) is 0 Å². The fourth-order valence-corrected chi connectivity index (χ4v) is 3.71. The predicted octanol–water partition coefficient (Wildman–Crippen LogP) is 6.14. The van der Waals surface area contributed by atoms with Gasteiger partial charge in [0.05, 0.1) is 24.7 Å². The Kier molecular flexibility index (Phi) is 17.0. The van der Waals surface area contributed by atoms with Crippen LogP contribution in [0, 0.1) is 17.1 Å². The number of carbonyl (C=O) groups is 2. The Labute approximate surface area is 250 Å². The molecular formula is C33H46FN5O3. The van der Waals surface area contributed by atoms with Gasteiger partial charge in [-0.2, -0.15) is 0 Å². The van der Waals surface area contributed by atoms with Crippen LogP contribution in [0.25, 0.3) is 5.57 Å². The molecule has 1 fully saturated rings. The molecule has 1 saturated heterocycles. The number of allylic oxidation sites excluding steroid dienone is 2. The molecule has 0 unspecified atom stereocenters. The van der Waals surface area contributed by atoms with Crippen molar-refractivity contribution in [2.75, 3.05) is 40.3 Å². The molecule has 0 saturated carbocycles. The van der Waals surface area contributed by atoms with E-state index in [-0.39, 0.29) is 17.4 Å². The number of benzene rings is 2. The van der Waals surface area contributed by atoms with Crippen molar-refractivity contribution >= 4 is 24.0 Å². The van der Waals surface area contributed by atoms with Crippen LogP contribution in [0.2, 0.25) is 0 Å². The highest BCUT2D eigenvalue weighted by molar-refractivity contribution is 6.10. The molecule has 1 amide bonds. The molecule has 8 nitrogen and oxygen atoms in total. The summed E-state index contributed by atoms with van der Waals surface area (Å²) in [6, 6.07) is 13.9. The number of aromatic nitrogens is 2. The normalized spacial score (nSPS) is 13.0. The number of rotatable bonds is 8. The molecule has 2 aromatic carbocycles. The number of halogens is 1. The van der Waals surface area contributed by atoms with Crippen LogP contribution >= 0.6 is 0 Å². The Bertz CT molecular complexity index is 1210. The van der Waals surface area contributed by atoms with E-state index in [0.717, 1.165) is 50.3 Å². The van der Waals surface area contributed by atoms with Crippen molar-refractivity contribution in [1.82, 2.24) is 19.8 Å². The standard InChI is InChI=1S/C16H16FN3O.C9H12O.C6H12N2O.C2H6/c1-10(2)14(16-19-8-13(9-21)20-16)7-15(18)11-3-5-12(17)6-4-11;1-3-8-4-6-9(10-2)7-5-8;1-7-2-4-8(6-9)5-3-7;1-2/h3-10,18H,1-2H3,(H,19,20);4-7H,3H2,1-2H3;6H,2-5H2,1H3;1-2H3/b14-7-,18-15?;;;. The van der Waals surface area contributed by atoms with E-state index in [1.165, 1.54) is 23.9 Å². The van der Waals surface area contributed by atoms with Crippen molar-refractivity contribution in [2.24, 2.45) is 5.92 Å². The van der Waals surface area contributed by atoms with Gasteiger partial charge >= 0.3 is 0 Å². The van der Waals surface area contributed by atoms with Gasteiger partial charge in [0.2, 0.25) is 6.41 Å². The second-order valence-corrected chi connectivity index (χ2v) is 9.63. The fourth-order valence-electron chi connectivity index (χ4n) is 3.71. The summed E-state index contributed by atoms with van der Waals surface area (Å²) in [7, 11) is 3.75. The van der Waals surface area contributed by atoms with Crippen molar-refractivity contribution in [3.8, 4) is 5.75 Å². The molecule has 228 valence electrons. The van der Waals surface area contributed by atoms with Crippen LogP contribution in [-0.4, -0.2) is 78.5 Å². The number of aldehydes is 1. The van der Waals surface area contributed by atoms with E-state index in [0.29, 0.717) is 23.4 Å². The SMILES string of the molecule is CC.CC(C)/C(=C/C(=N)c1ccc(F)cc1)c1ncc(C=O)[nH]1.CCc1ccc(OC)cc1.CN1CCN(C=O)CC1. The van der Waals surface area contributed by atoms with Crippen LogP contribution in [-0.2, 0) is 11.2 Å². The number of imidazole rings is 1. The quantitative estimate of drug-likeness (QED) is 0.246. The first-order valence-corrected chi connectivity index (χ1v) is 14.3. The lowest BCUT2D eigenvalue weighted by atomic mass is 9.98. The Balaban J connectivity index is 0.000000348. The van der Waals surface area contributed by atoms with Crippen molar-refractivity contribution < 1.29 is 18.7 Å². The number of nitrogens with zero attached hydrogens (tertiary/aromatic N) is 3. The number of methoxy groups -OCH3 is 1. The molecular weight excluding hydrogens is 533 g/mol. The van der Waals surface area contributed by atoms with Crippen molar-refractivity contribution in [3.63, 3.8) is 0 Å². The number of carbonyl (C=O) groups excluding carboxylic acids is 2. The van der Waals surface area contributed by atoms with Crippen LogP contribution in [0.1, 0.15) is 62.1 Å². The van der Waals surface area contributed by atoms with E-state index in [4.69, 9.17) is 10.1 Å². The number of hydrogen-bond acceptors (Lipinski definition) is 6. The summed E-state index contributed by atoms with van der Waals surface area (Å²) in [6.07, 6.45) is 5.85. The third kappa shape index (κ3) is 12.6. The number of piperazine rings is 1. The lowest BCUT2D eigenvalue weighted by molar-refractivity contribution is -0.119. The van der Waals surface area contributed by atoms with E-state index in [1.807, 2.05) is 39.8 Å². The number of aryl methyl sites for hydroxylation is 1. The molecule has 1 aromatic heterocycles. The largest absolute Gasteiger partial charge is 0.497 e. The van der Waals surface area contributed by atoms with E-state index < -0.39 is 0 Å². The topological polar surface area (TPSA) is 102 Å². The maximum absolute atomic E-state index is 12.9. The third-order valence-electron chi connectivity index (χ3n) is 6.33. The van der Waals surface area contributed by atoms with Gasteiger partial charge in [-0.15, -0.1) is 0 Å². The molecule has 0 spiro atoms. The van der Waals surface area contributed by atoms with Gasteiger partial charge in [0, 0.05) is 26.2 Å². The average molecular weight is 580 g/mol. The minimum absolute atomic E-state index is 0.122. The van der Waals surface area contributed by atoms with Gasteiger partial charge in [-0.1, -0.05) is 46.8 Å². The van der Waals surface area contributed by atoms with Gasteiger partial charge in [-0.25, -0.2) is 9.37 Å². The molecule has 1 aliphatic heterocycles. The minimum Gasteiger partial charge on any atom is -0.497 e. The molecule has 1 aliphatic rings. The summed E-state index contributed by atoms with van der Waals surface area (Å²) in [6.45, 7) is 13.9. The Morgan fingerprint density at radius 2 is 1.64 bits per heavy atom. The van der Waals surface area contributed by atoms with Gasteiger partial charge in [0.1, 0.15) is 17.4 Å². The number of amides is 1. The predicted molar refractivity (Wildman–Crippen MR) is 169 cm³/mol. The lowest BCUT2D eigenvalue weighted by Gasteiger charge is -2.29. The minimum atomic E-state index is -0.332. The van der Waals surface area contributed by atoms with Gasteiger partial charge in [-0.3, -0.25) is 9.59 Å². The molecule has 9 heteroatoms. The number of H-pyrrole nitrogens is 1. The van der Waals surface area contributed by atoms with Crippen molar-refractivity contribution in [3.05, 3.63) is 89.3 Å². The summed E-state index contributed by atoms with van der Waals surface area (Å²) < 4.78 is 17.9. The lowest BCUT2D eigenvalue weighted by Crippen LogP contribution is -2.43. The third-order valence-corrected chi connectivity index (χ3v) is 6.33. The van der Waals surface area contributed by atoms with Crippen molar-refractivity contribution in [1.29, 1.82) is 5.41 Å². The first kappa shape index (κ1) is 35.9. The molecule has 0 bridgehead atoms. The van der Waals surface area contributed by atoms with Crippen LogP contribution in [0.15, 0.2) is 60.8 Å². The van der Waals surface area contributed by atoms with Crippen LogP contribution < -0.4 is 4.74 Å². The average Bonchev–Trinajstić information content (AvgIpc) is 3.51. The summed E-state index contributed by atoms with van der Waals surface area (Å²) in [5.74, 6) is 1.29.